The summed E-state index contributed by atoms with van der Waals surface area (Å²) in [5.74, 6) is 0. The third-order valence-electron chi connectivity index (χ3n) is 1.47. The molecule has 0 bridgehead atoms. The van der Waals surface area contributed by atoms with Crippen LogP contribution in [0.25, 0.3) is 0 Å². The summed E-state index contributed by atoms with van der Waals surface area (Å²) in [5, 5.41) is 11.3. The molecule has 2 heteroatoms. The summed E-state index contributed by atoms with van der Waals surface area (Å²) < 4.78 is 0. The molecule has 1 aromatic rings. The summed E-state index contributed by atoms with van der Waals surface area (Å²) in [6.45, 7) is 3.34. The third-order valence-corrected chi connectivity index (χ3v) is 1.47. The summed E-state index contributed by atoms with van der Waals surface area (Å²) in [6.07, 6.45) is 0. The molecule has 0 aromatic heterocycles. The number of hydrogen-bond donors (Lipinski definition) is 0. The normalized spacial score (nSPS) is 10.5. The molecule has 54 valence electrons. The van der Waals surface area contributed by atoms with Gasteiger partial charge in [-0.3, -0.25) is 0 Å². The van der Waals surface area contributed by atoms with Crippen LogP contribution in [0.2, 0.25) is 0 Å². The fraction of sp³-hybridized carbons (Fsp3) is 0.333. The Hall–Kier alpha value is -0.223. The zero-order chi connectivity index (χ0) is 7.61. The van der Waals surface area contributed by atoms with Gasteiger partial charge >= 0.3 is 18.9 Å². The molecule has 0 aliphatic carbocycles. The van der Waals surface area contributed by atoms with Gasteiger partial charge in [-0.1, -0.05) is 55.3 Å². The van der Waals surface area contributed by atoms with E-state index in [1.165, 1.54) is 0 Å². The fourth-order valence-electron chi connectivity index (χ4n) is 0.840. The first-order valence-corrected chi connectivity index (χ1v) is 3.36. The molecule has 0 fully saturated rings. The molecular weight excluding hydrogens is 131 g/mol. The standard InChI is InChI=1S/C9H11O.Li/c1-9(2,10)8-6-4-3-5-7-8;/h3-7H,1-2H3;/q-1;+1. The molecule has 0 aliphatic rings. The van der Waals surface area contributed by atoms with Crippen molar-refractivity contribution in [3.8, 4) is 0 Å². The summed E-state index contributed by atoms with van der Waals surface area (Å²) in [4.78, 5) is 0. The molecule has 11 heavy (non-hydrogen) atoms. The second-order valence-corrected chi connectivity index (χ2v) is 2.88. The van der Waals surface area contributed by atoms with E-state index < -0.39 is 5.60 Å². The van der Waals surface area contributed by atoms with E-state index in [2.05, 4.69) is 0 Å². The van der Waals surface area contributed by atoms with Crippen LogP contribution in [-0.4, -0.2) is 0 Å². The van der Waals surface area contributed by atoms with E-state index in [0.29, 0.717) is 0 Å². The van der Waals surface area contributed by atoms with Gasteiger partial charge in [0.1, 0.15) is 0 Å². The quantitative estimate of drug-likeness (QED) is 0.428. The predicted molar refractivity (Wildman–Crippen MR) is 39.5 cm³/mol. The number of rotatable bonds is 1. The summed E-state index contributed by atoms with van der Waals surface area (Å²) in [7, 11) is 0. The Balaban J connectivity index is 0.000001000. The Bertz CT molecular complexity index is 201. The minimum Gasteiger partial charge on any atom is -0.846 e. The molecule has 0 amide bonds. The second-order valence-electron chi connectivity index (χ2n) is 2.88. The molecule has 0 aliphatic heterocycles. The SMILES string of the molecule is CC(C)([O-])c1ccccc1.[Li+]. The molecule has 0 radical (unpaired) electrons. The molecule has 1 rings (SSSR count). The van der Waals surface area contributed by atoms with Crippen LogP contribution < -0.4 is 24.0 Å². The van der Waals surface area contributed by atoms with Crippen LogP contribution in [0.1, 0.15) is 19.4 Å². The van der Waals surface area contributed by atoms with Gasteiger partial charge in [-0.25, -0.2) is 0 Å². The van der Waals surface area contributed by atoms with Crippen molar-refractivity contribution >= 4 is 0 Å². The van der Waals surface area contributed by atoms with E-state index in [4.69, 9.17) is 0 Å². The third kappa shape index (κ3) is 3.12. The van der Waals surface area contributed by atoms with Crippen LogP contribution in [0.15, 0.2) is 30.3 Å². The van der Waals surface area contributed by atoms with E-state index >= 15 is 0 Å². The molecular formula is C9H11LiO. The number of benzene rings is 1. The second kappa shape index (κ2) is 3.97. The fourth-order valence-corrected chi connectivity index (χ4v) is 0.840. The largest absolute Gasteiger partial charge is 1.00 e. The monoisotopic (exact) mass is 142 g/mol. The van der Waals surface area contributed by atoms with Crippen molar-refractivity contribution in [2.75, 3.05) is 0 Å². The van der Waals surface area contributed by atoms with Crippen LogP contribution >= 0.6 is 0 Å². The van der Waals surface area contributed by atoms with Gasteiger partial charge in [0.25, 0.3) is 0 Å². The van der Waals surface area contributed by atoms with Gasteiger partial charge in [-0.05, 0) is 0 Å². The minimum absolute atomic E-state index is 0. The van der Waals surface area contributed by atoms with Gasteiger partial charge in [-0.15, -0.1) is 0 Å². The Morgan fingerprint density at radius 2 is 1.55 bits per heavy atom. The summed E-state index contributed by atoms with van der Waals surface area (Å²) in [6, 6.07) is 9.39. The molecule has 0 heterocycles. The van der Waals surface area contributed by atoms with Crippen molar-refractivity contribution in [1.29, 1.82) is 0 Å². The maximum Gasteiger partial charge on any atom is 1.00 e. The van der Waals surface area contributed by atoms with Gasteiger partial charge in [0, 0.05) is 0 Å². The van der Waals surface area contributed by atoms with Gasteiger partial charge in [0.15, 0.2) is 0 Å². The Morgan fingerprint density at radius 1 is 1.09 bits per heavy atom. The van der Waals surface area contributed by atoms with Crippen LogP contribution in [0.3, 0.4) is 0 Å². The summed E-state index contributed by atoms with van der Waals surface area (Å²) in [5.41, 5.74) is -0.114. The molecule has 1 aromatic carbocycles. The van der Waals surface area contributed by atoms with Crippen molar-refractivity contribution in [3.63, 3.8) is 0 Å². The van der Waals surface area contributed by atoms with Crippen molar-refractivity contribution < 1.29 is 24.0 Å². The van der Waals surface area contributed by atoms with E-state index in [-0.39, 0.29) is 18.9 Å². The van der Waals surface area contributed by atoms with Crippen LogP contribution in [0.4, 0.5) is 0 Å². The zero-order valence-electron chi connectivity index (χ0n) is 7.29. The average molecular weight is 142 g/mol. The molecule has 1 nitrogen and oxygen atoms in total. The Labute approximate surface area is 79.6 Å². The van der Waals surface area contributed by atoms with Crippen molar-refractivity contribution in [3.05, 3.63) is 35.9 Å². The van der Waals surface area contributed by atoms with Crippen LogP contribution in [0.5, 0.6) is 0 Å². The molecule has 0 unspecified atom stereocenters. The Kier molecular flexibility index (Phi) is 3.89. The first kappa shape index (κ1) is 10.8. The Morgan fingerprint density at radius 3 is 1.82 bits per heavy atom. The van der Waals surface area contributed by atoms with Gasteiger partial charge in [0.2, 0.25) is 0 Å². The first-order chi connectivity index (χ1) is 4.61. The molecule has 0 atom stereocenters. The molecule has 0 spiro atoms. The minimum atomic E-state index is -0.957. The van der Waals surface area contributed by atoms with Crippen molar-refractivity contribution in [2.24, 2.45) is 0 Å². The predicted octanol–water partition coefficient (Wildman–Crippen LogP) is -1.71. The van der Waals surface area contributed by atoms with Gasteiger partial charge in [0.05, 0.1) is 0 Å². The molecule has 0 saturated heterocycles. The topological polar surface area (TPSA) is 23.1 Å². The van der Waals surface area contributed by atoms with Crippen molar-refractivity contribution in [1.82, 2.24) is 0 Å². The molecule has 0 saturated carbocycles. The maximum atomic E-state index is 11.3. The van der Waals surface area contributed by atoms with E-state index in [0.717, 1.165) is 5.56 Å². The van der Waals surface area contributed by atoms with Gasteiger partial charge < -0.3 is 5.11 Å². The van der Waals surface area contributed by atoms with Crippen LogP contribution in [-0.2, 0) is 5.60 Å². The number of hydrogen-bond acceptors (Lipinski definition) is 1. The van der Waals surface area contributed by atoms with E-state index in [1.54, 1.807) is 13.8 Å². The van der Waals surface area contributed by atoms with Crippen LogP contribution in [0, 0.1) is 0 Å². The maximum absolute atomic E-state index is 11.3. The molecule has 0 N–H and O–H groups in total. The summed E-state index contributed by atoms with van der Waals surface area (Å²) >= 11 is 0. The van der Waals surface area contributed by atoms with E-state index in [1.807, 2.05) is 30.3 Å². The zero-order valence-corrected chi connectivity index (χ0v) is 7.29. The first-order valence-electron chi connectivity index (χ1n) is 3.36. The van der Waals surface area contributed by atoms with E-state index in [9.17, 15) is 5.11 Å². The smallest absolute Gasteiger partial charge is 0.846 e. The van der Waals surface area contributed by atoms with Gasteiger partial charge in [-0.2, -0.15) is 0 Å². The van der Waals surface area contributed by atoms with Crippen molar-refractivity contribution in [2.45, 2.75) is 19.4 Å². The average Bonchev–Trinajstić information content (AvgIpc) is 1.88.